The maximum atomic E-state index is 10.6. The molecule has 0 fully saturated rings. The van der Waals surface area contributed by atoms with Crippen molar-refractivity contribution in [3.63, 3.8) is 0 Å². The van der Waals surface area contributed by atoms with E-state index < -0.39 is 4.92 Å². The Kier molecular flexibility index (Phi) is 3.91. The molecule has 20 heavy (non-hydrogen) atoms. The number of aryl methyl sites for hydroxylation is 1. The van der Waals surface area contributed by atoms with Gasteiger partial charge in [-0.2, -0.15) is 0 Å². The Morgan fingerprint density at radius 2 is 2.15 bits per heavy atom. The zero-order valence-electron chi connectivity index (χ0n) is 10.1. The maximum Gasteiger partial charge on any atom is 0.392 e. The lowest BCUT2D eigenvalue weighted by molar-refractivity contribution is -0.389. The highest BCUT2D eigenvalue weighted by molar-refractivity contribution is 6.36. The number of hydrogen-bond donors (Lipinski definition) is 1. The van der Waals surface area contributed by atoms with Crippen molar-refractivity contribution >= 4 is 35.2 Å². The van der Waals surface area contributed by atoms with Gasteiger partial charge in [-0.05, 0) is 24.0 Å². The summed E-state index contributed by atoms with van der Waals surface area (Å²) in [6, 6.07) is 4.13. The summed E-state index contributed by atoms with van der Waals surface area (Å²) < 4.78 is 0. The first kappa shape index (κ1) is 14.3. The largest absolute Gasteiger partial charge is 0.506 e. The highest BCUT2D eigenvalue weighted by Crippen LogP contribution is 2.30. The number of halogens is 2. The third-order valence-corrected chi connectivity index (χ3v) is 2.91. The topological polar surface area (TPSA) is 93.5 Å². The summed E-state index contributed by atoms with van der Waals surface area (Å²) in [6.07, 6.45) is 1.26. The molecule has 9 heteroatoms. The zero-order valence-corrected chi connectivity index (χ0v) is 11.6. The van der Waals surface area contributed by atoms with Crippen LogP contribution in [0.15, 0.2) is 23.3 Å². The Labute approximate surface area is 123 Å². The van der Waals surface area contributed by atoms with Gasteiger partial charge < -0.3 is 15.2 Å². The van der Waals surface area contributed by atoms with Crippen LogP contribution in [0.25, 0.3) is 0 Å². The number of phenols is 1. The average molecular weight is 315 g/mol. The maximum absolute atomic E-state index is 10.6. The molecule has 0 amide bonds. The van der Waals surface area contributed by atoms with Crippen LogP contribution in [-0.2, 0) is 0 Å². The smallest absolute Gasteiger partial charge is 0.392 e. The van der Waals surface area contributed by atoms with E-state index in [0.717, 1.165) is 4.79 Å². The van der Waals surface area contributed by atoms with Gasteiger partial charge in [-0.15, -0.1) is 5.10 Å². The fourth-order valence-corrected chi connectivity index (χ4v) is 1.97. The highest BCUT2D eigenvalue weighted by Gasteiger charge is 2.14. The molecule has 0 bridgehead atoms. The minimum Gasteiger partial charge on any atom is -0.506 e. The SMILES string of the molecule is Cc1cc([N+](=O)[O-])nn1/N=C\c1cc(Cl)cc(Cl)c1O. The molecule has 0 aliphatic heterocycles. The summed E-state index contributed by atoms with van der Waals surface area (Å²) in [4.78, 5) is 11.0. The minimum absolute atomic E-state index is 0.0853. The zero-order chi connectivity index (χ0) is 14.9. The lowest BCUT2D eigenvalue weighted by Gasteiger charge is -2.01. The predicted molar refractivity (Wildman–Crippen MR) is 74.7 cm³/mol. The van der Waals surface area contributed by atoms with Crippen molar-refractivity contribution in [1.82, 2.24) is 9.89 Å². The fraction of sp³-hybridized carbons (Fsp3) is 0.0909. The molecule has 0 atom stereocenters. The summed E-state index contributed by atoms with van der Waals surface area (Å²) in [6.45, 7) is 1.61. The second-order valence-corrected chi connectivity index (χ2v) is 4.70. The monoisotopic (exact) mass is 314 g/mol. The van der Waals surface area contributed by atoms with Gasteiger partial charge >= 0.3 is 5.82 Å². The third kappa shape index (κ3) is 2.89. The lowest BCUT2D eigenvalue weighted by atomic mass is 10.2. The van der Waals surface area contributed by atoms with E-state index in [0.29, 0.717) is 10.7 Å². The van der Waals surface area contributed by atoms with E-state index in [-0.39, 0.29) is 22.2 Å². The summed E-state index contributed by atoms with van der Waals surface area (Å²) in [5.74, 6) is -0.493. The molecule has 2 rings (SSSR count). The number of aromatic nitrogens is 2. The van der Waals surface area contributed by atoms with E-state index in [1.54, 1.807) is 6.92 Å². The first-order chi connectivity index (χ1) is 9.38. The Morgan fingerprint density at radius 3 is 2.75 bits per heavy atom. The molecule has 0 radical (unpaired) electrons. The Morgan fingerprint density at radius 1 is 1.45 bits per heavy atom. The van der Waals surface area contributed by atoms with Crippen molar-refractivity contribution < 1.29 is 10.0 Å². The number of nitrogens with zero attached hydrogens (tertiary/aromatic N) is 4. The van der Waals surface area contributed by atoms with Gasteiger partial charge in [0.1, 0.15) is 5.75 Å². The Bertz CT molecular complexity index is 712. The summed E-state index contributed by atoms with van der Waals surface area (Å²) in [5, 5.41) is 28.3. The number of aromatic hydroxyl groups is 1. The number of benzene rings is 1. The van der Waals surface area contributed by atoms with Crippen LogP contribution in [0.1, 0.15) is 11.3 Å². The molecule has 0 aliphatic carbocycles. The van der Waals surface area contributed by atoms with Crippen molar-refractivity contribution in [2.45, 2.75) is 6.92 Å². The van der Waals surface area contributed by atoms with Crippen LogP contribution < -0.4 is 0 Å². The summed E-state index contributed by atoms with van der Waals surface area (Å²) >= 11 is 11.6. The Hall–Kier alpha value is -2.12. The molecule has 0 saturated heterocycles. The molecule has 7 nitrogen and oxygen atoms in total. The van der Waals surface area contributed by atoms with Gasteiger partial charge in [0.25, 0.3) is 0 Å². The van der Waals surface area contributed by atoms with Crippen molar-refractivity contribution in [3.05, 3.63) is 49.6 Å². The molecule has 2 aromatic rings. The number of hydrogen-bond acceptors (Lipinski definition) is 5. The van der Waals surface area contributed by atoms with E-state index in [2.05, 4.69) is 10.2 Å². The molecule has 1 aromatic carbocycles. The van der Waals surface area contributed by atoms with E-state index in [9.17, 15) is 15.2 Å². The molecule has 0 aliphatic rings. The van der Waals surface area contributed by atoms with Crippen LogP contribution in [0, 0.1) is 17.0 Å². The quantitative estimate of drug-likeness (QED) is 0.535. The third-order valence-electron chi connectivity index (χ3n) is 2.40. The van der Waals surface area contributed by atoms with Crippen LogP contribution in [0.2, 0.25) is 10.0 Å². The van der Waals surface area contributed by atoms with Gasteiger partial charge in [0, 0.05) is 10.6 Å². The van der Waals surface area contributed by atoms with Crippen LogP contribution >= 0.6 is 23.2 Å². The fourth-order valence-electron chi connectivity index (χ4n) is 1.46. The van der Waals surface area contributed by atoms with E-state index in [1.165, 1.54) is 24.4 Å². The molecule has 1 heterocycles. The van der Waals surface area contributed by atoms with Crippen LogP contribution in [0.4, 0.5) is 5.82 Å². The van der Waals surface area contributed by atoms with Crippen molar-refractivity contribution in [1.29, 1.82) is 0 Å². The summed E-state index contributed by atoms with van der Waals surface area (Å²) in [7, 11) is 0. The average Bonchev–Trinajstić information content (AvgIpc) is 2.74. The molecule has 0 spiro atoms. The number of phenolic OH excluding ortho intramolecular Hbond substituents is 1. The predicted octanol–water partition coefficient (Wildman–Crippen LogP) is 2.99. The second-order valence-electron chi connectivity index (χ2n) is 3.86. The Balaban J connectivity index is 2.37. The standard InChI is InChI=1S/C11H8Cl2N4O3/c1-6-2-10(17(19)20)15-16(6)14-5-7-3-8(12)4-9(13)11(7)18/h2-5,18H,1H3/b14-5-. The molecule has 0 saturated carbocycles. The van der Waals surface area contributed by atoms with Gasteiger partial charge in [0.05, 0.1) is 28.1 Å². The van der Waals surface area contributed by atoms with Crippen molar-refractivity contribution in [3.8, 4) is 5.75 Å². The summed E-state index contributed by atoms with van der Waals surface area (Å²) in [5.41, 5.74) is 0.751. The molecular weight excluding hydrogens is 307 g/mol. The molecule has 1 N–H and O–H groups in total. The van der Waals surface area contributed by atoms with Crippen LogP contribution in [0.3, 0.4) is 0 Å². The van der Waals surface area contributed by atoms with Gasteiger partial charge in [-0.1, -0.05) is 28.0 Å². The van der Waals surface area contributed by atoms with Crippen LogP contribution in [0.5, 0.6) is 5.75 Å². The van der Waals surface area contributed by atoms with E-state index in [1.807, 2.05) is 0 Å². The first-order valence-electron chi connectivity index (χ1n) is 5.32. The molecule has 104 valence electrons. The van der Waals surface area contributed by atoms with Crippen LogP contribution in [-0.4, -0.2) is 26.1 Å². The minimum atomic E-state index is -0.618. The van der Waals surface area contributed by atoms with E-state index in [4.69, 9.17) is 23.2 Å². The number of rotatable bonds is 3. The van der Waals surface area contributed by atoms with Gasteiger partial charge in [0.2, 0.25) is 0 Å². The van der Waals surface area contributed by atoms with Gasteiger partial charge in [0.15, 0.2) is 0 Å². The normalized spacial score (nSPS) is 11.2. The lowest BCUT2D eigenvalue weighted by Crippen LogP contribution is -1.97. The van der Waals surface area contributed by atoms with Crippen molar-refractivity contribution in [2.24, 2.45) is 5.10 Å². The molecule has 0 unspecified atom stereocenters. The number of nitro groups is 1. The van der Waals surface area contributed by atoms with Crippen molar-refractivity contribution in [2.75, 3.05) is 0 Å². The highest BCUT2D eigenvalue weighted by atomic mass is 35.5. The second kappa shape index (κ2) is 5.48. The van der Waals surface area contributed by atoms with E-state index >= 15 is 0 Å². The molecular formula is C11H8Cl2N4O3. The first-order valence-corrected chi connectivity index (χ1v) is 6.07. The molecule has 1 aromatic heterocycles. The van der Waals surface area contributed by atoms with Gasteiger partial charge in [-0.25, -0.2) is 0 Å². The van der Waals surface area contributed by atoms with Gasteiger partial charge in [-0.3, -0.25) is 0 Å².